The second kappa shape index (κ2) is 4.84. The number of hydrogen-bond acceptors (Lipinski definition) is 3. The zero-order valence-electron chi connectivity index (χ0n) is 7.57. The van der Waals surface area contributed by atoms with Crippen LogP contribution in [-0.2, 0) is 9.53 Å². The van der Waals surface area contributed by atoms with Gasteiger partial charge in [0.25, 0.3) is 0 Å². The second-order valence-corrected chi connectivity index (χ2v) is 3.55. The average Bonchev–Trinajstić information content (AvgIpc) is 2.15. The lowest BCUT2D eigenvalue weighted by Crippen LogP contribution is -2.23. The van der Waals surface area contributed by atoms with Crippen molar-refractivity contribution in [3.63, 3.8) is 0 Å². The van der Waals surface area contributed by atoms with Crippen molar-refractivity contribution < 1.29 is 14.3 Å². The summed E-state index contributed by atoms with van der Waals surface area (Å²) in [5.41, 5.74) is 4.85. The van der Waals surface area contributed by atoms with Gasteiger partial charge in [0.2, 0.25) is 0 Å². The lowest BCUT2D eigenvalue weighted by Gasteiger charge is -2.24. The summed E-state index contributed by atoms with van der Waals surface area (Å²) >= 11 is 0. The highest BCUT2D eigenvalue weighted by molar-refractivity contribution is 5.64. The molecule has 0 aromatic rings. The monoisotopic (exact) mass is 185 g/mol. The number of ether oxygens (including phenoxy) is 1. The van der Waals surface area contributed by atoms with E-state index in [2.05, 4.69) is 0 Å². The molecular weight excluding hydrogens is 170 g/mol. The van der Waals surface area contributed by atoms with Gasteiger partial charge in [0, 0.05) is 5.92 Å². The van der Waals surface area contributed by atoms with Crippen molar-refractivity contribution in [2.45, 2.75) is 25.7 Å². The molecular formula is C9H15NO3. The first-order valence-corrected chi connectivity index (χ1v) is 4.60. The van der Waals surface area contributed by atoms with Crippen molar-refractivity contribution in [1.29, 1.82) is 0 Å². The van der Waals surface area contributed by atoms with Gasteiger partial charge in [-0.05, 0) is 31.6 Å². The van der Waals surface area contributed by atoms with Gasteiger partial charge in [-0.15, -0.1) is 0 Å². The van der Waals surface area contributed by atoms with Crippen LogP contribution in [0.5, 0.6) is 0 Å². The summed E-state index contributed by atoms with van der Waals surface area (Å²) in [6, 6.07) is 0. The van der Waals surface area contributed by atoms with Crippen LogP contribution in [0.25, 0.3) is 0 Å². The van der Waals surface area contributed by atoms with Gasteiger partial charge in [-0.3, -0.25) is 0 Å². The summed E-state index contributed by atoms with van der Waals surface area (Å²) in [5, 5.41) is 0. The largest absolute Gasteiger partial charge is 0.449 e. The molecule has 1 amide bonds. The number of nitrogens with two attached hydrogens (primary N) is 1. The van der Waals surface area contributed by atoms with Crippen LogP contribution in [0.4, 0.5) is 4.79 Å². The van der Waals surface area contributed by atoms with Crippen LogP contribution >= 0.6 is 0 Å². The zero-order valence-corrected chi connectivity index (χ0v) is 7.57. The third kappa shape index (κ3) is 3.44. The Balaban J connectivity index is 2.17. The molecule has 0 aromatic heterocycles. The summed E-state index contributed by atoms with van der Waals surface area (Å²) in [5.74, 6) is 0.605. The molecule has 1 aliphatic carbocycles. The molecule has 4 heteroatoms. The Hall–Kier alpha value is -1.06. The fraction of sp³-hybridized carbons (Fsp3) is 0.778. The van der Waals surface area contributed by atoms with Crippen LogP contribution < -0.4 is 5.73 Å². The number of carbonyl (C=O) groups is 2. The predicted molar refractivity (Wildman–Crippen MR) is 47.0 cm³/mol. The Bertz CT molecular complexity index is 185. The third-order valence-electron chi connectivity index (χ3n) is 2.55. The van der Waals surface area contributed by atoms with Crippen LogP contribution in [0.15, 0.2) is 0 Å². The quantitative estimate of drug-likeness (QED) is 0.669. The molecule has 1 rings (SSSR count). The van der Waals surface area contributed by atoms with Gasteiger partial charge in [-0.25, -0.2) is 4.79 Å². The predicted octanol–water partition coefficient (Wildman–Crippen LogP) is 1.09. The summed E-state index contributed by atoms with van der Waals surface area (Å²) in [6.07, 6.45) is 4.04. The lowest BCUT2D eigenvalue weighted by molar-refractivity contribution is -0.112. The van der Waals surface area contributed by atoms with Crippen LogP contribution in [0.1, 0.15) is 25.7 Å². The maximum atomic E-state index is 10.4. The zero-order chi connectivity index (χ0) is 9.68. The normalized spacial score (nSPS) is 28.0. The molecule has 1 fully saturated rings. The van der Waals surface area contributed by atoms with Gasteiger partial charge in [0.15, 0.2) is 0 Å². The second-order valence-electron chi connectivity index (χ2n) is 3.55. The van der Waals surface area contributed by atoms with E-state index in [0.29, 0.717) is 12.5 Å². The molecule has 0 heterocycles. The third-order valence-corrected chi connectivity index (χ3v) is 2.55. The number of rotatable bonds is 3. The first kappa shape index (κ1) is 10.0. The molecule has 0 unspecified atom stereocenters. The van der Waals surface area contributed by atoms with E-state index >= 15 is 0 Å². The van der Waals surface area contributed by atoms with Crippen LogP contribution in [-0.4, -0.2) is 19.0 Å². The summed E-state index contributed by atoms with van der Waals surface area (Å²) in [6.45, 7) is 0.404. The van der Waals surface area contributed by atoms with E-state index in [4.69, 9.17) is 10.5 Å². The van der Waals surface area contributed by atoms with Gasteiger partial charge < -0.3 is 15.3 Å². The van der Waals surface area contributed by atoms with Gasteiger partial charge >= 0.3 is 6.09 Å². The van der Waals surface area contributed by atoms with Crippen LogP contribution in [0.3, 0.4) is 0 Å². The molecule has 74 valence electrons. The van der Waals surface area contributed by atoms with E-state index in [0.717, 1.165) is 32.0 Å². The Labute approximate surface area is 77.4 Å². The van der Waals surface area contributed by atoms with Crippen molar-refractivity contribution >= 4 is 12.4 Å². The summed E-state index contributed by atoms with van der Waals surface area (Å²) in [7, 11) is 0. The van der Waals surface area contributed by atoms with Crippen molar-refractivity contribution in [2.24, 2.45) is 17.6 Å². The van der Waals surface area contributed by atoms with Crippen LogP contribution in [0.2, 0.25) is 0 Å². The maximum Gasteiger partial charge on any atom is 0.404 e. The molecule has 1 aliphatic rings. The smallest absolute Gasteiger partial charge is 0.404 e. The van der Waals surface area contributed by atoms with Crippen molar-refractivity contribution in [1.82, 2.24) is 0 Å². The number of carbonyl (C=O) groups excluding carboxylic acids is 2. The Morgan fingerprint density at radius 2 is 2.00 bits per heavy atom. The van der Waals surface area contributed by atoms with Crippen LogP contribution in [0, 0.1) is 11.8 Å². The molecule has 0 aromatic carbocycles. The van der Waals surface area contributed by atoms with E-state index in [1.807, 2.05) is 0 Å². The molecule has 0 aliphatic heterocycles. The van der Waals surface area contributed by atoms with E-state index in [1.54, 1.807) is 0 Å². The first-order valence-electron chi connectivity index (χ1n) is 4.60. The molecule has 0 radical (unpaired) electrons. The van der Waals surface area contributed by atoms with E-state index in [1.165, 1.54) is 0 Å². The molecule has 1 saturated carbocycles. The molecule has 0 spiro atoms. The standard InChI is InChI=1S/C9H15NO3/c10-9(12)13-6-8-3-1-7(5-11)2-4-8/h5,7-8H,1-4,6H2,(H2,10,12). The van der Waals surface area contributed by atoms with Crippen molar-refractivity contribution in [2.75, 3.05) is 6.61 Å². The number of hydrogen-bond donors (Lipinski definition) is 1. The first-order chi connectivity index (χ1) is 6.22. The number of amides is 1. The molecule has 0 bridgehead atoms. The van der Waals surface area contributed by atoms with Crippen molar-refractivity contribution in [3.05, 3.63) is 0 Å². The summed E-state index contributed by atoms with van der Waals surface area (Å²) in [4.78, 5) is 20.7. The number of aldehydes is 1. The average molecular weight is 185 g/mol. The molecule has 2 N–H and O–H groups in total. The minimum atomic E-state index is -0.711. The molecule has 4 nitrogen and oxygen atoms in total. The topological polar surface area (TPSA) is 69.4 Å². The highest BCUT2D eigenvalue weighted by Gasteiger charge is 2.21. The molecule has 0 atom stereocenters. The van der Waals surface area contributed by atoms with Gasteiger partial charge in [-0.1, -0.05) is 0 Å². The van der Waals surface area contributed by atoms with Gasteiger partial charge in [0.05, 0.1) is 6.61 Å². The Morgan fingerprint density at radius 1 is 1.38 bits per heavy atom. The SMILES string of the molecule is NC(=O)OCC1CCC(C=O)CC1. The minimum Gasteiger partial charge on any atom is -0.449 e. The Kier molecular flexibility index (Phi) is 3.73. The highest BCUT2D eigenvalue weighted by atomic mass is 16.5. The van der Waals surface area contributed by atoms with E-state index in [-0.39, 0.29) is 5.92 Å². The molecule has 0 saturated heterocycles. The fourth-order valence-corrected chi connectivity index (χ4v) is 1.69. The Morgan fingerprint density at radius 3 is 2.46 bits per heavy atom. The highest BCUT2D eigenvalue weighted by Crippen LogP contribution is 2.27. The van der Waals surface area contributed by atoms with E-state index < -0.39 is 6.09 Å². The van der Waals surface area contributed by atoms with Gasteiger partial charge in [0.1, 0.15) is 6.29 Å². The fourth-order valence-electron chi connectivity index (χ4n) is 1.69. The summed E-state index contributed by atoms with van der Waals surface area (Å²) < 4.78 is 4.70. The van der Waals surface area contributed by atoms with E-state index in [9.17, 15) is 9.59 Å². The minimum absolute atomic E-state index is 0.213. The van der Waals surface area contributed by atoms with Gasteiger partial charge in [-0.2, -0.15) is 0 Å². The van der Waals surface area contributed by atoms with Crippen molar-refractivity contribution in [3.8, 4) is 0 Å². The number of primary amides is 1. The maximum absolute atomic E-state index is 10.4. The lowest BCUT2D eigenvalue weighted by atomic mass is 9.83. The molecule has 13 heavy (non-hydrogen) atoms.